The van der Waals surface area contributed by atoms with Crippen LogP contribution in [0.3, 0.4) is 0 Å². The lowest BCUT2D eigenvalue weighted by atomic mass is 10.1. The van der Waals surface area contributed by atoms with E-state index in [4.69, 9.17) is 0 Å². The highest BCUT2D eigenvalue weighted by Crippen LogP contribution is 2.22. The van der Waals surface area contributed by atoms with E-state index < -0.39 is 5.91 Å². The minimum Gasteiger partial charge on any atom is -0.378 e. The lowest BCUT2D eigenvalue weighted by Gasteiger charge is -2.13. The fourth-order valence-electron chi connectivity index (χ4n) is 1.70. The molecule has 0 aliphatic rings. The van der Waals surface area contributed by atoms with E-state index >= 15 is 0 Å². The van der Waals surface area contributed by atoms with Crippen molar-refractivity contribution < 1.29 is 4.79 Å². The highest BCUT2D eigenvalue weighted by atomic mass is 16.3. The Morgan fingerprint density at radius 2 is 1.71 bits per heavy atom. The van der Waals surface area contributed by atoms with Gasteiger partial charge in [0.05, 0.1) is 0 Å². The molecule has 0 atom stereocenters. The van der Waals surface area contributed by atoms with Gasteiger partial charge >= 0.3 is 5.91 Å². The van der Waals surface area contributed by atoms with E-state index in [0.717, 1.165) is 16.5 Å². The number of rotatable bonds is 2. The van der Waals surface area contributed by atoms with Gasteiger partial charge in [0, 0.05) is 30.5 Å². The predicted molar refractivity (Wildman–Crippen MR) is 68.4 cm³/mol. The van der Waals surface area contributed by atoms with Crippen LogP contribution < -0.4 is 4.90 Å². The second-order valence-electron chi connectivity index (χ2n) is 4.04. The van der Waals surface area contributed by atoms with Crippen molar-refractivity contribution in [2.24, 2.45) is 5.18 Å². The largest absolute Gasteiger partial charge is 0.378 e. The van der Waals surface area contributed by atoms with Crippen LogP contribution in [0.25, 0.3) is 10.8 Å². The molecule has 0 aliphatic carbocycles. The topological polar surface area (TPSA) is 49.7 Å². The fourth-order valence-corrected chi connectivity index (χ4v) is 1.70. The Morgan fingerprint density at radius 3 is 2.35 bits per heavy atom. The molecule has 0 fully saturated rings. The lowest BCUT2D eigenvalue weighted by Crippen LogP contribution is -2.08. The molecule has 4 heteroatoms. The van der Waals surface area contributed by atoms with E-state index in [0.29, 0.717) is 5.56 Å². The third-order valence-corrected chi connectivity index (χ3v) is 2.67. The van der Waals surface area contributed by atoms with Crippen molar-refractivity contribution in [2.75, 3.05) is 19.0 Å². The second-order valence-corrected chi connectivity index (χ2v) is 4.04. The minimum absolute atomic E-state index is 0.324. The number of anilines is 1. The van der Waals surface area contributed by atoms with Crippen LogP contribution >= 0.6 is 0 Å². The number of nitrogens with zero attached hydrogens (tertiary/aromatic N) is 2. The van der Waals surface area contributed by atoms with E-state index in [1.807, 2.05) is 43.3 Å². The van der Waals surface area contributed by atoms with Crippen LogP contribution in [0.4, 0.5) is 5.69 Å². The number of hydrogen-bond donors (Lipinski definition) is 0. The van der Waals surface area contributed by atoms with Crippen LogP contribution in [-0.4, -0.2) is 20.0 Å². The van der Waals surface area contributed by atoms with Crippen molar-refractivity contribution in [3.63, 3.8) is 0 Å². The van der Waals surface area contributed by atoms with Crippen molar-refractivity contribution in [2.45, 2.75) is 0 Å². The summed E-state index contributed by atoms with van der Waals surface area (Å²) in [6, 6.07) is 11.0. The van der Waals surface area contributed by atoms with E-state index in [-0.39, 0.29) is 0 Å². The number of carbonyl (C=O) groups excluding carboxylic acids is 1. The van der Waals surface area contributed by atoms with E-state index in [2.05, 4.69) is 5.18 Å². The molecule has 0 saturated carbocycles. The molecule has 2 rings (SSSR count). The summed E-state index contributed by atoms with van der Waals surface area (Å²) in [5, 5.41) is 4.36. The molecular formula is C13H12N2O2. The molecule has 2 aromatic rings. The molecule has 0 unspecified atom stereocenters. The highest BCUT2D eigenvalue weighted by molar-refractivity contribution is 5.99. The maximum atomic E-state index is 11.1. The molecule has 0 N–H and O–H groups in total. The Kier molecular flexibility index (Phi) is 2.87. The van der Waals surface area contributed by atoms with E-state index in [1.54, 1.807) is 12.1 Å². The van der Waals surface area contributed by atoms with Crippen LogP contribution in [0, 0.1) is 4.91 Å². The van der Waals surface area contributed by atoms with Crippen molar-refractivity contribution in [1.29, 1.82) is 0 Å². The van der Waals surface area contributed by atoms with Gasteiger partial charge < -0.3 is 4.90 Å². The van der Waals surface area contributed by atoms with Crippen LogP contribution in [0.1, 0.15) is 10.4 Å². The van der Waals surface area contributed by atoms with Gasteiger partial charge in [0.25, 0.3) is 0 Å². The number of carbonyl (C=O) groups is 1. The summed E-state index contributed by atoms with van der Waals surface area (Å²) in [7, 11) is 3.94. The minimum atomic E-state index is -0.733. The van der Waals surface area contributed by atoms with Gasteiger partial charge in [0.1, 0.15) is 0 Å². The summed E-state index contributed by atoms with van der Waals surface area (Å²) in [6.07, 6.45) is 0. The first-order chi connectivity index (χ1) is 8.11. The summed E-state index contributed by atoms with van der Waals surface area (Å²) in [4.78, 5) is 23.3. The van der Waals surface area contributed by atoms with Gasteiger partial charge in [-0.1, -0.05) is 12.1 Å². The zero-order chi connectivity index (χ0) is 12.4. The van der Waals surface area contributed by atoms with Gasteiger partial charge in [-0.15, -0.1) is 4.91 Å². The summed E-state index contributed by atoms with van der Waals surface area (Å²) in [6.45, 7) is 0. The first-order valence-electron chi connectivity index (χ1n) is 5.20. The second kappa shape index (κ2) is 4.33. The Morgan fingerprint density at radius 1 is 1.06 bits per heavy atom. The van der Waals surface area contributed by atoms with Gasteiger partial charge in [-0.3, -0.25) is 4.79 Å². The molecule has 4 nitrogen and oxygen atoms in total. The number of fused-ring (bicyclic) bond motifs is 1. The smallest absolute Gasteiger partial charge is 0.316 e. The number of benzene rings is 2. The van der Waals surface area contributed by atoms with Gasteiger partial charge in [0.15, 0.2) is 0 Å². The van der Waals surface area contributed by atoms with Gasteiger partial charge in [-0.2, -0.15) is 0 Å². The van der Waals surface area contributed by atoms with Crippen LogP contribution in [0.15, 0.2) is 41.6 Å². The monoisotopic (exact) mass is 228 g/mol. The Hall–Kier alpha value is -2.23. The van der Waals surface area contributed by atoms with Gasteiger partial charge in [-0.25, -0.2) is 0 Å². The van der Waals surface area contributed by atoms with Gasteiger partial charge in [-0.05, 0) is 35.0 Å². The van der Waals surface area contributed by atoms with Crippen LogP contribution in [0.2, 0.25) is 0 Å². The molecule has 0 spiro atoms. The molecule has 0 radical (unpaired) electrons. The van der Waals surface area contributed by atoms with Crippen LogP contribution in [0.5, 0.6) is 0 Å². The number of amides is 1. The van der Waals surface area contributed by atoms with E-state index in [1.165, 1.54) is 0 Å². The standard InChI is InChI=1S/C13H12N2O2/c1-15(2)12-6-5-9-7-11(13(16)14-17)4-3-10(9)8-12/h3-8H,1-2H3. The third kappa shape index (κ3) is 2.15. The maximum absolute atomic E-state index is 11.1. The Balaban J connectivity index is 2.54. The maximum Gasteiger partial charge on any atom is 0.316 e. The molecule has 1 amide bonds. The molecule has 0 aliphatic heterocycles. The zero-order valence-electron chi connectivity index (χ0n) is 9.68. The average Bonchev–Trinajstić information content (AvgIpc) is 2.36. The van der Waals surface area contributed by atoms with Crippen molar-refractivity contribution in [3.05, 3.63) is 46.9 Å². The van der Waals surface area contributed by atoms with Crippen LogP contribution in [-0.2, 0) is 0 Å². The van der Waals surface area contributed by atoms with Crippen molar-refractivity contribution in [1.82, 2.24) is 0 Å². The molecular weight excluding hydrogens is 216 g/mol. The van der Waals surface area contributed by atoms with Crippen molar-refractivity contribution >= 4 is 22.4 Å². The summed E-state index contributed by atoms with van der Waals surface area (Å²) in [5.41, 5.74) is 1.41. The summed E-state index contributed by atoms with van der Waals surface area (Å²) < 4.78 is 0. The first kappa shape index (κ1) is 11.3. The molecule has 0 heterocycles. The van der Waals surface area contributed by atoms with E-state index in [9.17, 15) is 9.70 Å². The lowest BCUT2D eigenvalue weighted by molar-refractivity contribution is 0.100. The molecule has 0 bridgehead atoms. The molecule has 86 valence electrons. The quantitative estimate of drug-likeness (QED) is 0.742. The van der Waals surface area contributed by atoms with Crippen molar-refractivity contribution in [3.8, 4) is 0 Å². The zero-order valence-corrected chi connectivity index (χ0v) is 9.68. The molecule has 2 aromatic carbocycles. The summed E-state index contributed by atoms with van der Waals surface area (Å²) in [5.74, 6) is -0.733. The average molecular weight is 228 g/mol. The third-order valence-electron chi connectivity index (χ3n) is 2.67. The fraction of sp³-hybridized carbons (Fsp3) is 0.154. The predicted octanol–water partition coefficient (Wildman–Crippen LogP) is 2.81. The molecule has 0 aromatic heterocycles. The first-order valence-corrected chi connectivity index (χ1v) is 5.20. The Bertz CT molecular complexity index is 591. The molecule has 0 saturated heterocycles. The SMILES string of the molecule is CN(C)c1ccc2cc(C(=O)N=O)ccc2c1. The highest BCUT2D eigenvalue weighted by Gasteiger charge is 2.06. The summed E-state index contributed by atoms with van der Waals surface area (Å²) >= 11 is 0. The van der Waals surface area contributed by atoms with Gasteiger partial charge in [0.2, 0.25) is 0 Å². The number of nitroso groups, excluding NO2 is 1. The molecule has 17 heavy (non-hydrogen) atoms. The number of hydrogen-bond acceptors (Lipinski definition) is 3. The normalized spacial score (nSPS) is 10.2. The Labute approximate surface area is 98.8 Å².